The number of amides is 2. The van der Waals surface area contributed by atoms with Gasteiger partial charge < -0.3 is 5.32 Å². The van der Waals surface area contributed by atoms with Crippen LogP contribution >= 0.6 is 23.2 Å². The van der Waals surface area contributed by atoms with E-state index >= 15 is 0 Å². The van der Waals surface area contributed by atoms with Crippen LogP contribution in [0.1, 0.15) is 89.5 Å². The van der Waals surface area contributed by atoms with E-state index in [0.717, 1.165) is 12.8 Å². The first-order valence-electron chi connectivity index (χ1n) is 11.1. The summed E-state index contributed by atoms with van der Waals surface area (Å²) in [5, 5.41) is 7.24. The van der Waals surface area contributed by atoms with Gasteiger partial charge in [-0.1, -0.05) is 106 Å². The van der Waals surface area contributed by atoms with E-state index in [1.807, 2.05) is 0 Å². The van der Waals surface area contributed by atoms with Gasteiger partial charge in [0.15, 0.2) is 0 Å². The van der Waals surface area contributed by atoms with Gasteiger partial charge >= 0.3 is 0 Å². The number of unbranched alkanes of at least 4 members (excludes halogenated alkanes) is 10. The molecule has 0 saturated carbocycles. The van der Waals surface area contributed by atoms with Crippen molar-refractivity contribution in [3.8, 4) is 0 Å². The molecular weight excluding hydrogens is 421 g/mol. The summed E-state index contributed by atoms with van der Waals surface area (Å²) in [6.07, 6.45) is 15.5. The quantitative estimate of drug-likeness (QED) is 0.175. The van der Waals surface area contributed by atoms with Gasteiger partial charge in [0.25, 0.3) is 5.91 Å². The zero-order chi connectivity index (χ0) is 22.0. The van der Waals surface area contributed by atoms with E-state index in [0.29, 0.717) is 22.0 Å². The van der Waals surface area contributed by atoms with Crippen molar-refractivity contribution < 1.29 is 9.59 Å². The second-order valence-corrected chi connectivity index (χ2v) is 8.28. The molecule has 0 aliphatic rings. The first-order valence-corrected chi connectivity index (χ1v) is 11.8. The molecule has 1 aromatic rings. The van der Waals surface area contributed by atoms with Gasteiger partial charge in [0.05, 0.1) is 22.8 Å². The lowest BCUT2D eigenvalue weighted by Crippen LogP contribution is -2.34. The Balaban J connectivity index is 2.01. The number of rotatable bonds is 16. The molecule has 0 aliphatic carbocycles. The van der Waals surface area contributed by atoms with Gasteiger partial charge in [0.2, 0.25) is 5.91 Å². The lowest BCUT2D eigenvalue weighted by molar-refractivity contribution is -0.126. The first kappa shape index (κ1) is 26.4. The minimum atomic E-state index is -0.392. The molecule has 168 valence electrons. The maximum Gasteiger partial charge on any atom is 0.259 e. The minimum absolute atomic E-state index is 0.0997. The molecule has 1 rings (SSSR count). The van der Waals surface area contributed by atoms with E-state index in [-0.39, 0.29) is 12.5 Å². The van der Waals surface area contributed by atoms with E-state index in [1.54, 1.807) is 18.2 Å². The lowest BCUT2D eigenvalue weighted by atomic mass is 10.1. The summed E-state index contributed by atoms with van der Waals surface area (Å²) in [5.74, 6) is -0.500. The SMILES string of the molecule is CCCCCCCCCCCCCC(=O)NCC(=O)N/N=C\c1cccc(Cl)c1Cl. The number of nitrogens with one attached hydrogen (secondary N) is 2. The zero-order valence-corrected chi connectivity index (χ0v) is 19.5. The van der Waals surface area contributed by atoms with Crippen LogP contribution in [0.5, 0.6) is 0 Å². The Hall–Kier alpha value is -1.59. The van der Waals surface area contributed by atoms with Crippen molar-refractivity contribution in [2.75, 3.05) is 6.54 Å². The van der Waals surface area contributed by atoms with Crippen LogP contribution in [0, 0.1) is 0 Å². The Morgan fingerprint density at radius 1 is 0.900 bits per heavy atom. The molecule has 0 aromatic heterocycles. The van der Waals surface area contributed by atoms with Crippen LogP contribution in [0.3, 0.4) is 0 Å². The van der Waals surface area contributed by atoms with Crippen LogP contribution in [0.4, 0.5) is 0 Å². The second kappa shape index (κ2) is 17.1. The molecule has 0 bridgehead atoms. The average molecular weight is 456 g/mol. The van der Waals surface area contributed by atoms with Gasteiger partial charge in [-0.25, -0.2) is 5.43 Å². The fourth-order valence-corrected chi connectivity index (χ4v) is 3.41. The summed E-state index contributed by atoms with van der Waals surface area (Å²) in [4.78, 5) is 23.6. The molecular formula is C23H35Cl2N3O2. The largest absolute Gasteiger partial charge is 0.347 e. The topological polar surface area (TPSA) is 70.6 Å². The predicted octanol–water partition coefficient (Wildman–Crippen LogP) is 6.26. The van der Waals surface area contributed by atoms with Crippen LogP contribution in [0.25, 0.3) is 0 Å². The predicted molar refractivity (Wildman–Crippen MR) is 126 cm³/mol. The molecule has 0 atom stereocenters. The third-order valence-electron chi connectivity index (χ3n) is 4.83. The van der Waals surface area contributed by atoms with Gasteiger partial charge in [0, 0.05) is 12.0 Å². The van der Waals surface area contributed by atoms with Crippen molar-refractivity contribution in [1.29, 1.82) is 0 Å². The second-order valence-electron chi connectivity index (χ2n) is 7.50. The van der Waals surface area contributed by atoms with Crippen LogP contribution in [-0.4, -0.2) is 24.6 Å². The molecule has 0 spiro atoms. The maximum absolute atomic E-state index is 11.8. The third-order valence-corrected chi connectivity index (χ3v) is 5.66. The number of hydrogen-bond donors (Lipinski definition) is 2. The molecule has 0 heterocycles. The van der Waals surface area contributed by atoms with Crippen molar-refractivity contribution in [1.82, 2.24) is 10.7 Å². The number of nitrogens with zero attached hydrogens (tertiary/aromatic N) is 1. The smallest absolute Gasteiger partial charge is 0.259 e. The summed E-state index contributed by atoms with van der Waals surface area (Å²) in [5.41, 5.74) is 2.96. The third kappa shape index (κ3) is 12.9. The van der Waals surface area contributed by atoms with Crippen molar-refractivity contribution in [3.05, 3.63) is 33.8 Å². The molecule has 1 aromatic carbocycles. The zero-order valence-electron chi connectivity index (χ0n) is 18.0. The standard InChI is InChI=1S/C23H35Cl2N3O2/c1-2-3-4-5-6-7-8-9-10-11-12-16-21(29)26-18-22(30)28-27-17-19-14-13-15-20(24)23(19)25/h13-15,17H,2-12,16,18H2,1H3,(H,26,29)(H,28,30)/b27-17-. The molecule has 0 unspecified atom stereocenters. The highest BCUT2D eigenvalue weighted by Crippen LogP contribution is 2.24. The monoisotopic (exact) mass is 455 g/mol. The first-order chi connectivity index (χ1) is 14.5. The molecule has 0 aliphatic heterocycles. The Bertz CT molecular complexity index is 666. The van der Waals surface area contributed by atoms with E-state index in [2.05, 4.69) is 22.8 Å². The molecule has 5 nitrogen and oxygen atoms in total. The highest BCUT2D eigenvalue weighted by Gasteiger charge is 2.05. The van der Waals surface area contributed by atoms with Gasteiger partial charge in [-0.15, -0.1) is 0 Å². The summed E-state index contributed by atoms with van der Waals surface area (Å²) in [7, 11) is 0. The highest BCUT2D eigenvalue weighted by atomic mass is 35.5. The number of halogens is 2. The van der Waals surface area contributed by atoms with E-state index in [4.69, 9.17) is 23.2 Å². The van der Waals surface area contributed by atoms with E-state index in [1.165, 1.54) is 64.0 Å². The maximum atomic E-state index is 11.8. The number of carbonyl (C=O) groups is 2. The Morgan fingerprint density at radius 3 is 2.13 bits per heavy atom. The van der Waals surface area contributed by atoms with Crippen LogP contribution in [-0.2, 0) is 9.59 Å². The Kier molecular flexibility index (Phi) is 15.1. The van der Waals surface area contributed by atoms with Gasteiger partial charge in [0.1, 0.15) is 0 Å². The molecule has 30 heavy (non-hydrogen) atoms. The lowest BCUT2D eigenvalue weighted by Gasteiger charge is -2.05. The molecule has 0 fully saturated rings. The number of carbonyl (C=O) groups excluding carboxylic acids is 2. The summed E-state index contributed by atoms with van der Waals surface area (Å²) in [6.45, 7) is 2.14. The van der Waals surface area contributed by atoms with Gasteiger partial charge in [-0.3, -0.25) is 9.59 Å². The van der Waals surface area contributed by atoms with Crippen LogP contribution in [0.15, 0.2) is 23.3 Å². The van der Waals surface area contributed by atoms with E-state index in [9.17, 15) is 9.59 Å². The van der Waals surface area contributed by atoms with Crippen molar-refractivity contribution in [3.63, 3.8) is 0 Å². The normalized spacial score (nSPS) is 11.0. The fraction of sp³-hybridized carbons (Fsp3) is 0.609. The van der Waals surface area contributed by atoms with Gasteiger partial charge in [-0.05, 0) is 12.5 Å². The fourth-order valence-electron chi connectivity index (χ4n) is 3.05. The molecule has 0 radical (unpaired) electrons. The summed E-state index contributed by atoms with van der Waals surface area (Å²) >= 11 is 12.0. The molecule has 0 saturated heterocycles. The number of hydrogen-bond acceptors (Lipinski definition) is 3. The highest BCUT2D eigenvalue weighted by molar-refractivity contribution is 6.43. The summed E-state index contributed by atoms with van der Waals surface area (Å²) < 4.78 is 0. The average Bonchev–Trinajstić information content (AvgIpc) is 2.73. The number of hydrazone groups is 1. The Labute approximate surface area is 191 Å². The van der Waals surface area contributed by atoms with E-state index < -0.39 is 5.91 Å². The molecule has 7 heteroatoms. The van der Waals surface area contributed by atoms with Crippen molar-refractivity contribution in [2.45, 2.75) is 84.0 Å². The van der Waals surface area contributed by atoms with Gasteiger partial charge in [-0.2, -0.15) is 5.10 Å². The van der Waals surface area contributed by atoms with Crippen LogP contribution < -0.4 is 10.7 Å². The number of benzene rings is 1. The van der Waals surface area contributed by atoms with Crippen LogP contribution in [0.2, 0.25) is 10.0 Å². The Morgan fingerprint density at radius 2 is 1.50 bits per heavy atom. The minimum Gasteiger partial charge on any atom is -0.347 e. The summed E-state index contributed by atoms with van der Waals surface area (Å²) in [6, 6.07) is 5.15. The van der Waals surface area contributed by atoms with Crippen molar-refractivity contribution >= 4 is 41.2 Å². The molecule has 2 amide bonds. The van der Waals surface area contributed by atoms with Crippen molar-refractivity contribution in [2.24, 2.45) is 5.10 Å². The molecule has 2 N–H and O–H groups in total.